The highest BCUT2D eigenvalue weighted by molar-refractivity contribution is 6.51. The third-order valence-corrected chi connectivity index (χ3v) is 6.29. The average Bonchev–Trinajstić information content (AvgIpc) is 3.17. The Morgan fingerprint density at radius 2 is 1.76 bits per heavy atom. The number of anilines is 1. The Bertz CT molecular complexity index is 1410. The zero-order valence-corrected chi connectivity index (χ0v) is 21.3. The van der Waals surface area contributed by atoms with Crippen molar-refractivity contribution in [2.24, 2.45) is 0 Å². The Morgan fingerprint density at radius 3 is 2.43 bits per heavy atom. The van der Waals surface area contributed by atoms with E-state index in [0.717, 1.165) is 5.56 Å². The number of rotatable bonds is 7. The molecule has 3 aromatic rings. The van der Waals surface area contributed by atoms with Crippen LogP contribution in [0.1, 0.15) is 52.0 Å². The van der Waals surface area contributed by atoms with Gasteiger partial charge in [-0.25, -0.2) is 4.79 Å². The van der Waals surface area contributed by atoms with Gasteiger partial charge in [0.1, 0.15) is 11.5 Å². The molecule has 7 heteroatoms. The highest BCUT2D eigenvalue weighted by Gasteiger charge is 2.47. The van der Waals surface area contributed by atoms with Crippen LogP contribution >= 0.6 is 0 Å². The third-order valence-electron chi connectivity index (χ3n) is 6.29. The van der Waals surface area contributed by atoms with Crippen molar-refractivity contribution in [3.05, 3.63) is 100 Å². The standard InChI is InChI=1S/C30H29NO6/c1-5-14-37-30(35)21-10-7-11-22(17-21)31-26(20-9-6-8-18(2)15-20)25(28(33)29(31)34)27(32)24-13-12-23(36-4)16-19(24)3/h6-13,15-17,26,32H,5,14H2,1-4H3/b27-25-. The molecule has 0 aliphatic carbocycles. The summed E-state index contributed by atoms with van der Waals surface area (Å²) >= 11 is 0. The summed E-state index contributed by atoms with van der Waals surface area (Å²) in [5.74, 6) is -1.78. The zero-order valence-electron chi connectivity index (χ0n) is 21.3. The number of aliphatic hydroxyl groups excluding tert-OH is 1. The van der Waals surface area contributed by atoms with Crippen LogP contribution in [0.25, 0.3) is 5.76 Å². The predicted molar refractivity (Wildman–Crippen MR) is 141 cm³/mol. The fourth-order valence-electron chi connectivity index (χ4n) is 4.49. The fourth-order valence-corrected chi connectivity index (χ4v) is 4.49. The number of benzene rings is 3. The molecule has 1 fully saturated rings. The number of ether oxygens (including phenoxy) is 2. The van der Waals surface area contributed by atoms with Crippen molar-refractivity contribution in [3.63, 3.8) is 0 Å². The van der Waals surface area contributed by atoms with Crippen LogP contribution in [0, 0.1) is 13.8 Å². The molecule has 0 spiro atoms. The first kappa shape index (κ1) is 25.7. The summed E-state index contributed by atoms with van der Waals surface area (Å²) in [5.41, 5.74) is 3.29. The van der Waals surface area contributed by atoms with Crippen molar-refractivity contribution in [2.45, 2.75) is 33.2 Å². The summed E-state index contributed by atoms with van der Waals surface area (Å²) in [6.45, 7) is 5.88. The first-order chi connectivity index (χ1) is 17.8. The van der Waals surface area contributed by atoms with Crippen molar-refractivity contribution in [3.8, 4) is 5.75 Å². The lowest BCUT2D eigenvalue weighted by molar-refractivity contribution is -0.132. The number of hydrogen-bond acceptors (Lipinski definition) is 6. The second-order valence-electron chi connectivity index (χ2n) is 8.95. The van der Waals surface area contributed by atoms with E-state index in [9.17, 15) is 19.5 Å². The molecule has 1 N–H and O–H groups in total. The van der Waals surface area contributed by atoms with Gasteiger partial charge in [0.05, 0.1) is 30.9 Å². The van der Waals surface area contributed by atoms with Crippen LogP contribution in [0.15, 0.2) is 72.3 Å². The number of Topliss-reactive ketones (excluding diaryl/α,β-unsaturated/α-hetero) is 1. The zero-order chi connectivity index (χ0) is 26.7. The molecule has 4 rings (SSSR count). The molecule has 1 unspecified atom stereocenters. The second-order valence-corrected chi connectivity index (χ2v) is 8.95. The number of esters is 1. The van der Waals surface area contributed by atoms with E-state index >= 15 is 0 Å². The molecule has 0 radical (unpaired) electrons. The third kappa shape index (κ3) is 4.98. The van der Waals surface area contributed by atoms with Crippen molar-refractivity contribution >= 4 is 29.1 Å². The van der Waals surface area contributed by atoms with E-state index in [1.807, 2.05) is 38.1 Å². The molecular formula is C30H29NO6. The Kier molecular flexibility index (Phi) is 7.43. The molecule has 37 heavy (non-hydrogen) atoms. The van der Waals surface area contributed by atoms with E-state index in [1.54, 1.807) is 50.4 Å². The first-order valence-electron chi connectivity index (χ1n) is 12.1. The van der Waals surface area contributed by atoms with Crippen LogP contribution < -0.4 is 9.64 Å². The van der Waals surface area contributed by atoms with Crippen molar-refractivity contribution in [2.75, 3.05) is 18.6 Å². The van der Waals surface area contributed by atoms with Crippen LogP contribution in [-0.2, 0) is 14.3 Å². The SMILES string of the molecule is CCCOC(=O)c1cccc(N2C(=O)C(=O)/C(=C(\O)c3ccc(OC)cc3C)C2c2cccc(C)c2)c1. The second kappa shape index (κ2) is 10.7. The number of ketones is 1. The molecule has 1 aliphatic rings. The number of amides is 1. The number of carbonyl (C=O) groups excluding carboxylic acids is 3. The molecular weight excluding hydrogens is 470 g/mol. The number of aliphatic hydroxyl groups is 1. The predicted octanol–water partition coefficient (Wildman–Crippen LogP) is 5.51. The molecule has 1 aliphatic heterocycles. The minimum Gasteiger partial charge on any atom is -0.507 e. The van der Waals surface area contributed by atoms with Gasteiger partial charge in [-0.05, 0) is 67.8 Å². The Morgan fingerprint density at radius 1 is 1.00 bits per heavy atom. The number of aryl methyl sites for hydroxylation is 2. The van der Waals surface area contributed by atoms with Gasteiger partial charge >= 0.3 is 5.97 Å². The van der Waals surface area contributed by atoms with Gasteiger partial charge in [0.15, 0.2) is 0 Å². The van der Waals surface area contributed by atoms with Gasteiger partial charge in [-0.3, -0.25) is 14.5 Å². The maximum absolute atomic E-state index is 13.5. The number of carbonyl (C=O) groups is 3. The molecule has 1 atom stereocenters. The quantitative estimate of drug-likeness (QED) is 0.200. The lowest BCUT2D eigenvalue weighted by Crippen LogP contribution is -2.29. The molecule has 190 valence electrons. The number of nitrogens with zero attached hydrogens (tertiary/aromatic N) is 1. The van der Waals surface area contributed by atoms with Gasteiger partial charge in [-0.1, -0.05) is 42.8 Å². The van der Waals surface area contributed by atoms with Crippen LogP contribution in [0.2, 0.25) is 0 Å². The van der Waals surface area contributed by atoms with E-state index in [2.05, 4.69) is 0 Å². The summed E-state index contributed by atoms with van der Waals surface area (Å²) in [4.78, 5) is 40.7. The molecule has 7 nitrogen and oxygen atoms in total. The molecule has 1 amide bonds. The van der Waals surface area contributed by atoms with Gasteiger partial charge in [-0.2, -0.15) is 0 Å². The normalized spacial score (nSPS) is 16.6. The Balaban J connectivity index is 1.90. The summed E-state index contributed by atoms with van der Waals surface area (Å²) in [6.07, 6.45) is 0.679. The molecule has 0 aromatic heterocycles. The topological polar surface area (TPSA) is 93.1 Å². The molecule has 1 heterocycles. The highest BCUT2D eigenvalue weighted by atomic mass is 16.5. The average molecular weight is 500 g/mol. The van der Waals surface area contributed by atoms with Crippen LogP contribution in [0.5, 0.6) is 5.75 Å². The van der Waals surface area contributed by atoms with Crippen LogP contribution in [-0.4, -0.2) is 36.5 Å². The monoisotopic (exact) mass is 499 g/mol. The van der Waals surface area contributed by atoms with E-state index in [4.69, 9.17) is 9.47 Å². The Hall–Kier alpha value is -4.39. The van der Waals surface area contributed by atoms with E-state index < -0.39 is 23.7 Å². The highest BCUT2D eigenvalue weighted by Crippen LogP contribution is 2.43. The van der Waals surface area contributed by atoms with Crippen molar-refractivity contribution in [1.82, 2.24) is 0 Å². The van der Waals surface area contributed by atoms with Gasteiger partial charge in [0.2, 0.25) is 0 Å². The summed E-state index contributed by atoms with van der Waals surface area (Å²) in [5, 5.41) is 11.4. The molecule has 1 saturated heterocycles. The fraction of sp³-hybridized carbons (Fsp3) is 0.233. The Labute approximate surface area is 215 Å². The van der Waals surface area contributed by atoms with Gasteiger partial charge in [0.25, 0.3) is 11.7 Å². The van der Waals surface area contributed by atoms with E-state index in [1.165, 1.54) is 11.0 Å². The minimum atomic E-state index is -0.900. The maximum Gasteiger partial charge on any atom is 0.338 e. The summed E-state index contributed by atoms with van der Waals surface area (Å²) in [6, 6.07) is 18.0. The minimum absolute atomic E-state index is 0.0252. The molecule has 0 saturated carbocycles. The van der Waals surface area contributed by atoms with Gasteiger partial charge < -0.3 is 14.6 Å². The number of hydrogen-bond donors (Lipinski definition) is 1. The van der Waals surface area contributed by atoms with Crippen molar-refractivity contribution in [1.29, 1.82) is 0 Å². The largest absolute Gasteiger partial charge is 0.507 e. The van der Waals surface area contributed by atoms with Crippen molar-refractivity contribution < 1.29 is 29.0 Å². The van der Waals surface area contributed by atoms with Gasteiger partial charge in [-0.15, -0.1) is 0 Å². The lowest BCUT2D eigenvalue weighted by Gasteiger charge is -2.26. The number of methoxy groups -OCH3 is 1. The molecule has 3 aromatic carbocycles. The lowest BCUT2D eigenvalue weighted by atomic mass is 9.93. The smallest absolute Gasteiger partial charge is 0.338 e. The summed E-state index contributed by atoms with van der Waals surface area (Å²) < 4.78 is 10.5. The van der Waals surface area contributed by atoms with Gasteiger partial charge in [0, 0.05) is 11.3 Å². The van der Waals surface area contributed by atoms with Crippen LogP contribution in [0.3, 0.4) is 0 Å². The van der Waals surface area contributed by atoms with Crippen LogP contribution in [0.4, 0.5) is 5.69 Å². The first-order valence-corrected chi connectivity index (χ1v) is 12.1. The molecule has 0 bridgehead atoms. The maximum atomic E-state index is 13.5. The van der Waals surface area contributed by atoms with E-state index in [-0.39, 0.29) is 23.5 Å². The summed E-state index contributed by atoms with van der Waals surface area (Å²) in [7, 11) is 1.55. The van der Waals surface area contributed by atoms with E-state index in [0.29, 0.717) is 34.5 Å².